The van der Waals surface area contributed by atoms with Crippen molar-refractivity contribution in [3.8, 4) is 11.6 Å². The molecule has 8 nitrogen and oxygen atoms in total. The molecule has 2 amide bonds. The minimum Gasteiger partial charge on any atom is -0.438 e. The van der Waals surface area contributed by atoms with Gasteiger partial charge in [0.2, 0.25) is 11.8 Å². The van der Waals surface area contributed by atoms with E-state index in [2.05, 4.69) is 22.1 Å². The molecule has 2 aliphatic rings. The number of ether oxygens (including phenoxy) is 2. The van der Waals surface area contributed by atoms with Crippen molar-refractivity contribution in [3.63, 3.8) is 0 Å². The number of piperazine rings is 1. The number of nitrogens with one attached hydrogen (secondary N) is 1. The predicted molar refractivity (Wildman–Crippen MR) is 131 cm³/mol. The minimum atomic E-state index is -0.408. The summed E-state index contributed by atoms with van der Waals surface area (Å²) in [5.41, 5.74) is 0.841. The van der Waals surface area contributed by atoms with Gasteiger partial charge in [0, 0.05) is 44.5 Å². The van der Waals surface area contributed by atoms with Gasteiger partial charge in [-0.05, 0) is 61.7 Å². The Bertz CT molecular complexity index is 958. The van der Waals surface area contributed by atoms with Gasteiger partial charge in [-0.3, -0.25) is 9.59 Å². The second-order valence-corrected chi connectivity index (χ2v) is 9.46. The number of likely N-dealkylation sites (N-methyl/N-ethyl adjacent to an activating group) is 1. The van der Waals surface area contributed by atoms with Gasteiger partial charge in [0.25, 0.3) is 5.91 Å². The monoisotopic (exact) mass is 488 g/mol. The van der Waals surface area contributed by atoms with Crippen LogP contribution in [0.2, 0.25) is 5.02 Å². The van der Waals surface area contributed by atoms with Gasteiger partial charge in [-0.1, -0.05) is 18.5 Å². The van der Waals surface area contributed by atoms with Gasteiger partial charge in [0.05, 0.1) is 13.2 Å². The maximum absolute atomic E-state index is 12.5. The van der Waals surface area contributed by atoms with E-state index in [0.29, 0.717) is 29.3 Å². The molecule has 1 aliphatic heterocycles. The van der Waals surface area contributed by atoms with Crippen LogP contribution in [0.4, 0.5) is 0 Å². The second kappa shape index (κ2) is 12.1. The highest BCUT2D eigenvalue weighted by molar-refractivity contribution is 6.30. The molecule has 0 spiro atoms. The molecule has 1 aromatic heterocycles. The van der Waals surface area contributed by atoms with Gasteiger partial charge >= 0.3 is 0 Å². The normalized spacial score (nSPS) is 16.8. The fourth-order valence-corrected chi connectivity index (χ4v) is 3.51. The summed E-state index contributed by atoms with van der Waals surface area (Å²) in [7, 11) is 3.79. The molecule has 0 radical (unpaired) electrons. The fraction of sp³-hybridized carbons (Fsp3) is 0.480. The molecule has 9 heteroatoms. The number of methoxy groups -OCH3 is 1. The van der Waals surface area contributed by atoms with Crippen molar-refractivity contribution >= 4 is 23.4 Å². The van der Waals surface area contributed by atoms with Crippen LogP contribution in [-0.2, 0) is 9.53 Å². The summed E-state index contributed by atoms with van der Waals surface area (Å²) in [6, 6.07) is 10.0. The maximum atomic E-state index is 12.5. The highest BCUT2D eigenvalue weighted by Crippen LogP contribution is 2.44. The van der Waals surface area contributed by atoms with E-state index in [1.54, 1.807) is 48.4 Å². The molecule has 1 saturated heterocycles. The SMILES string of the molecule is CN1CCN(C(=O)CNC(=O)c2cccnc2Oc2ccc(Cl)cc2)CC1.COCC1(C)CC1. The van der Waals surface area contributed by atoms with E-state index in [1.165, 1.54) is 19.0 Å². The average Bonchev–Trinajstić information content (AvgIpc) is 3.57. The lowest BCUT2D eigenvalue weighted by Gasteiger charge is -2.32. The van der Waals surface area contributed by atoms with Crippen LogP contribution in [-0.4, -0.2) is 80.1 Å². The first-order valence-electron chi connectivity index (χ1n) is 11.4. The number of halogens is 1. The number of nitrogens with zero attached hydrogens (tertiary/aromatic N) is 3. The first-order valence-corrected chi connectivity index (χ1v) is 11.8. The Labute approximate surface area is 206 Å². The topological polar surface area (TPSA) is 84.0 Å². The Hall–Kier alpha value is -2.68. The third-order valence-corrected chi connectivity index (χ3v) is 6.15. The van der Waals surface area contributed by atoms with E-state index in [-0.39, 0.29) is 23.9 Å². The van der Waals surface area contributed by atoms with Gasteiger partial charge in [0.15, 0.2) is 0 Å². The zero-order valence-electron chi connectivity index (χ0n) is 20.1. The number of hydrogen-bond acceptors (Lipinski definition) is 6. The zero-order chi connectivity index (χ0) is 24.6. The Balaban J connectivity index is 0.000000396. The second-order valence-electron chi connectivity index (χ2n) is 9.02. The van der Waals surface area contributed by atoms with Crippen LogP contribution in [0.1, 0.15) is 30.1 Å². The van der Waals surface area contributed by atoms with E-state index >= 15 is 0 Å². The van der Waals surface area contributed by atoms with Crippen molar-refractivity contribution < 1.29 is 19.1 Å². The molecule has 2 fully saturated rings. The molecule has 0 atom stereocenters. The lowest BCUT2D eigenvalue weighted by Crippen LogP contribution is -2.50. The van der Waals surface area contributed by atoms with Gasteiger partial charge in [-0.25, -0.2) is 4.98 Å². The first kappa shape index (κ1) is 25.9. The summed E-state index contributed by atoms with van der Waals surface area (Å²) in [4.78, 5) is 32.8. The summed E-state index contributed by atoms with van der Waals surface area (Å²) >= 11 is 5.87. The molecule has 0 bridgehead atoms. The molecule has 1 aliphatic carbocycles. The molecule has 0 unspecified atom stereocenters. The van der Waals surface area contributed by atoms with E-state index in [4.69, 9.17) is 21.1 Å². The van der Waals surface area contributed by atoms with Gasteiger partial charge in [-0.2, -0.15) is 0 Å². The van der Waals surface area contributed by atoms with E-state index < -0.39 is 5.91 Å². The summed E-state index contributed by atoms with van der Waals surface area (Å²) in [5, 5.41) is 3.24. The zero-order valence-corrected chi connectivity index (χ0v) is 20.8. The Morgan fingerprint density at radius 1 is 1.12 bits per heavy atom. The van der Waals surface area contributed by atoms with Crippen molar-refractivity contribution in [3.05, 3.63) is 53.2 Å². The highest BCUT2D eigenvalue weighted by atomic mass is 35.5. The number of carbonyl (C=O) groups is 2. The molecule has 1 aromatic carbocycles. The van der Waals surface area contributed by atoms with Crippen molar-refractivity contribution in [1.82, 2.24) is 20.1 Å². The van der Waals surface area contributed by atoms with E-state index in [0.717, 1.165) is 19.7 Å². The highest BCUT2D eigenvalue weighted by Gasteiger charge is 2.36. The van der Waals surface area contributed by atoms with Crippen molar-refractivity contribution in [1.29, 1.82) is 0 Å². The van der Waals surface area contributed by atoms with Crippen LogP contribution in [0.5, 0.6) is 11.6 Å². The molecule has 4 rings (SSSR count). The average molecular weight is 489 g/mol. The standard InChI is InChI=1S/C19H21ClN4O3.C6H12O/c1-23-9-11-24(12-10-23)17(25)13-22-18(26)16-3-2-8-21-19(16)27-15-6-4-14(20)5-7-15;1-6(3-4-6)5-7-2/h2-8H,9-13H2,1H3,(H,22,26);3-5H2,1-2H3. The first-order chi connectivity index (χ1) is 16.3. The van der Waals surface area contributed by atoms with Crippen molar-refractivity contribution in [2.75, 3.05) is 53.5 Å². The lowest BCUT2D eigenvalue weighted by molar-refractivity contribution is -0.131. The van der Waals surface area contributed by atoms with E-state index in [9.17, 15) is 9.59 Å². The number of carbonyl (C=O) groups excluding carboxylic acids is 2. The summed E-state index contributed by atoms with van der Waals surface area (Å²) < 4.78 is 10.7. The van der Waals surface area contributed by atoms with Crippen LogP contribution < -0.4 is 10.1 Å². The molecule has 2 heterocycles. The molecule has 1 N–H and O–H groups in total. The van der Waals surface area contributed by atoms with Gasteiger partial charge in [0.1, 0.15) is 11.3 Å². The Morgan fingerprint density at radius 2 is 1.79 bits per heavy atom. The third-order valence-electron chi connectivity index (χ3n) is 5.90. The molecule has 34 heavy (non-hydrogen) atoms. The molecular formula is C25H33ClN4O4. The predicted octanol–water partition coefficient (Wildman–Crippen LogP) is 3.46. The van der Waals surface area contributed by atoms with Crippen molar-refractivity contribution in [2.45, 2.75) is 19.8 Å². The number of rotatable bonds is 7. The van der Waals surface area contributed by atoms with Crippen LogP contribution in [0.25, 0.3) is 0 Å². The smallest absolute Gasteiger partial charge is 0.257 e. The Morgan fingerprint density at radius 3 is 2.38 bits per heavy atom. The Kier molecular flexibility index (Phi) is 9.27. The lowest BCUT2D eigenvalue weighted by atomic mass is 10.2. The third kappa shape index (κ3) is 7.97. The number of hydrogen-bond donors (Lipinski definition) is 1. The molecule has 184 valence electrons. The largest absolute Gasteiger partial charge is 0.438 e. The van der Waals surface area contributed by atoms with Crippen LogP contribution in [0.15, 0.2) is 42.6 Å². The molecule has 1 saturated carbocycles. The van der Waals surface area contributed by atoms with E-state index in [1.807, 2.05) is 7.05 Å². The minimum absolute atomic E-state index is 0.0577. The number of aromatic nitrogens is 1. The quantitative estimate of drug-likeness (QED) is 0.642. The van der Waals surface area contributed by atoms with Gasteiger partial charge in [-0.15, -0.1) is 0 Å². The van der Waals surface area contributed by atoms with Crippen LogP contribution in [0.3, 0.4) is 0 Å². The van der Waals surface area contributed by atoms with Gasteiger partial charge < -0.3 is 24.6 Å². The fourth-order valence-electron chi connectivity index (χ4n) is 3.38. The summed E-state index contributed by atoms with van der Waals surface area (Å²) in [6.07, 6.45) is 4.26. The number of amides is 2. The summed E-state index contributed by atoms with van der Waals surface area (Å²) in [6.45, 7) is 6.16. The summed E-state index contributed by atoms with van der Waals surface area (Å²) in [5.74, 6) is 0.181. The van der Waals surface area contributed by atoms with Crippen molar-refractivity contribution in [2.24, 2.45) is 5.41 Å². The van der Waals surface area contributed by atoms with Crippen LogP contribution >= 0.6 is 11.6 Å². The maximum Gasteiger partial charge on any atom is 0.257 e. The molecular weight excluding hydrogens is 456 g/mol. The number of benzene rings is 1. The molecule has 2 aromatic rings. The number of pyridine rings is 1. The van der Waals surface area contributed by atoms with Crippen LogP contribution in [0, 0.1) is 5.41 Å².